The van der Waals surface area contributed by atoms with Crippen LogP contribution in [0.25, 0.3) is 11.1 Å². The highest BCUT2D eigenvalue weighted by Crippen LogP contribution is 2.43. The molecule has 0 fully saturated rings. The van der Waals surface area contributed by atoms with Gasteiger partial charge < -0.3 is 19.3 Å². The topological polar surface area (TPSA) is 77.9 Å². The van der Waals surface area contributed by atoms with Gasteiger partial charge >= 0.3 is 5.97 Å². The number of hydrogen-bond acceptors (Lipinski definition) is 5. The van der Waals surface area contributed by atoms with Crippen LogP contribution < -0.4 is 14.2 Å². The Morgan fingerprint density at radius 2 is 2.09 bits per heavy atom. The lowest BCUT2D eigenvalue weighted by Crippen LogP contribution is -2.07. The largest absolute Gasteiger partial charge is 0.492 e. The highest BCUT2D eigenvalue weighted by Gasteiger charge is 2.30. The maximum atomic E-state index is 14.5. The van der Waals surface area contributed by atoms with Gasteiger partial charge in [-0.1, -0.05) is 24.3 Å². The average Bonchev–Trinajstić information content (AvgIpc) is 3.38. The summed E-state index contributed by atoms with van der Waals surface area (Å²) in [5.41, 5.74) is 4.27. The molecule has 32 heavy (non-hydrogen) atoms. The molecule has 2 heterocycles. The Kier molecular flexibility index (Phi) is 5.17. The van der Waals surface area contributed by atoms with Crippen molar-refractivity contribution in [2.75, 3.05) is 13.7 Å². The van der Waals surface area contributed by atoms with Gasteiger partial charge in [0.25, 0.3) is 0 Å². The predicted octanol–water partition coefficient (Wildman–Crippen LogP) is 4.91. The van der Waals surface area contributed by atoms with E-state index < -0.39 is 11.8 Å². The first-order valence-corrected chi connectivity index (χ1v) is 10.5. The Morgan fingerprint density at radius 3 is 2.91 bits per heavy atom. The van der Waals surface area contributed by atoms with Gasteiger partial charge in [0.15, 0.2) is 0 Å². The van der Waals surface area contributed by atoms with Crippen LogP contribution in [0.3, 0.4) is 0 Å². The number of rotatable bonds is 6. The molecule has 7 heteroatoms. The first kappa shape index (κ1) is 20.3. The number of carbonyl (C=O) groups is 1. The van der Waals surface area contributed by atoms with Gasteiger partial charge in [-0.15, -0.1) is 0 Å². The number of methoxy groups -OCH3 is 1. The minimum Gasteiger partial charge on any atom is -0.492 e. The number of halogens is 1. The van der Waals surface area contributed by atoms with Crippen LogP contribution in [0.4, 0.5) is 4.39 Å². The third-order valence-electron chi connectivity index (χ3n) is 6.11. The number of nitrogens with zero attached hydrogens (tertiary/aromatic N) is 1. The third kappa shape index (κ3) is 3.64. The molecule has 1 aliphatic heterocycles. The molecule has 1 N–H and O–H groups in total. The molecule has 1 aromatic heterocycles. The lowest BCUT2D eigenvalue weighted by Gasteiger charge is -2.17. The number of hydrogen-bond donors (Lipinski definition) is 1. The zero-order valence-electron chi connectivity index (χ0n) is 17.5. The van der Waals surface area contributed by atoms with E-state index in [0.717, 1.165) is 35.1 Å². The highest BCUT2D eigenvalue weighted by molar-refractivity contribution is 5.71. The molecule has 1 unspecified atom stereocenters. The molecule has 6 nitrogen and oxygen atoms in total. The van der Waals surface area contributed by atoms with E-state index in [0.29, 0.717) is 29.5 Å². The molecule has 0 radical (unpaired) electrons. The number of fused-ring (bicyclic) bond motifs is 2. The van der Waals surface area contributed by atoms with Gasteiger partial charge in [0.2, 0.25) is 5.88 Å². The fourth-order valence-electron chi connectivity index (χ4n) is 4.60. The van der Waals surface area contributed by atoms with Crippen molar-refractivity contribution in [2.24, 2.45) is 0 Å². The molecular weight excluding hydrogens is 413 g/mol. The lowest BCUT2D eigenvalue weighted by molar-refractivity contribution is -0.137. The van der Waals surface area contributed by atoms with Crippen LogP contribution in [0.2, 0.25) is 0 Å². The normalized spacial score (nSPS) is 18.6. The van der Waals surface area contributed by atoms with E-state index in [1.165, 1.54) is 13.3 Å². The van der Waals surface area contributed by atoms with Crippen molar-refractivity contribution < 1.29 is 28.5 Å². The number of aliphatic carboxylic acids is 1. The van der Waals surface area contributed by atoms with Crippen molar-refractivity contribution >= 4 is 5.97 Å². The first-order chi connectivity index (χ1) is 15.5. The molecule has 0 bridgehead atoms. The Balaban J connectivity index is 1.41. The van der Waals surface area contributed by atoms with E-state index in [9.17, 15) is 9.18 Å². The van der Waals surface area contributed by atoms with E-state index in [1.54, 1.807) is 6.07 Å². The minimum absolute atomic E-state index is 0.0440. The number of pyridine rings is 1. The van der Waals surface area contributed by atoms with E-state index in [4.69, 9.17) is 19.3 Å². The first-order valence-electron chi connectivity index (χ1n) is 10.5. The predicted molar refractivity (Wildman–Crippen MR) is 115 cm³/mol. The van der Waals surface area contributed by atoms with Crippen molar-refractivity contribution in [1.82, 2.24) is 4.98 Å². The van der Waals surface area contributed by atoms with Gasteiger partial charge in [0, 0.05) is 29.2 Å². The van der Waals surface area contributed by atoms with Crippen molar-refractivity contribution in [3.63, 3.8) is 0 Å². The van der Waals surface area contributed by atoms with Crippen LogP contribution in [-0.4, -0.2) is 29.8 Å². The fourth-order valence-corrected chi connectivity index (χ4v) is 4.60. The molecule has 3 aromatic rings. The second kappa shape index (κ2) is 8.15. The van der Waals surface area contributed by atoms with Gasteiger partial charge in [-0.3, -0.25) is 4.79 Å². The molecule has 1 aliphatic carbocycles. The fraction of sp³-hybridized carbons (Fsp3) is 0.280. The van der Waals surface area contributed by atoms with Crippen molar-refractivity contribution in [2.45, 2.75) is 31.3 Å². The van der Waals surface area contributed by atoms with E-state index in [-0.39, 0.29) is 18.4 Å². The van der Waals surface area contributed by atoms with Crippen LogP contribution in [-0.2, 0) is 11.2 Å². The maximum absolute atomic E-state index is 14.5. The summed E-state index contributed by atoms with van der Waals surface area (Å²) in [6.07, 6.45) is 2.60. The average molecular weight is 435 g/mol. The summed E-state index contributed by atoms with van der Waals surface area (Å²) in [5, 5.41) is 9.07. The standard InChI is InChI=1S/C25H22FNO5/c1-30-24-11-20(21(26)12-27-24)17-3-2-4-19-18(17)7-8-22(19)32-15-5-6-16-14(9-25(28)29)13-31-23(16)10-15/h2-6,10-12,14,22H,7-9,13H2,1H3,(H,28,29)/t14?,22-/m1/s1. The van der Waals surface area contributed by atoms with Crippen molar-refractivity contribution in [3.05, 3.63) is 71.2 Å². The van der Waals surface area contributed by atoms with Crippen molar-refractivity contribution in [3.8, 4) is 28.5 Å². The Labute approximate surface area is 184 Å². The maximum Gasteiger partial charge on any atom is 0.304 e. The number of carboxylic acid groups (broad SMARTS) is 1. The van der Waals surface area contributed by atoms with Crippen LogP contribution >= 0.6 is 0 Å². The molecule has 2 atom stereocenters. The van der Waals surface area contributed by atoms with Gasteiger partial charge in [-0.25, -0.2) is 9.37 Å². The van der Waals surface area contributed by atoms with Crippen LogP contribution in [0.15, 0.2) is 48.7 Å². The van der Waals surface area contributed by atoms with E-state index in [1.807, 2.05) is 36.4 Å². The smallest absolute Gasteiger partial charge is 0.304 e. The van der Waals surface area contributed by atoms with Crippen LogP contribution in [0.5, 0.6) is 17.4 Å². The molecule has 164 valence electrons. The Bertz CT molecular complexity index is 1190. The lowest BCUT2D eigenvalue weighted by atomic mass is 9.97. The van der Waals surface area contributed by atoms with Gasteiger partial charge in [-0.2, -0.15) is 0 Å². The third-order valence-corrected chi connectivity index (χ3v) is 6.11. The zero-order valence-corrected chi connectivity index (χ0v) is 17.5. The quantitative estimate of drug-likeness (QED) is 0.593. The molecular formula is C25H22FNO5. The zero-order chi connectivity index (χ0) is 22.2. The SMILES string of the molecule is COc1cc(-c2cccc3c2CC[C@H]3Oc2ccc3c(c2)OCC3CC(=O)O)c(F)cn1. The summed E-state index contributed by atoms with van der Waals surface area (Å²) >= 11 is 0. The Hall–Kier alpha value is -3.61. The summed E-state index contributed by atoms with van der Waals surface area (Å²) in [7, 11) is 1.51. The molecule has 2 aromatic carbocycles. The van der Waals surface area contributed by atoms with Crippen molar-refractivity contribution in [1.29, 1.82) is 0 Å². The van der Waals surface area contributed by atoms with Crippen LogP contribution in [0, 0.1) is 5.82 Å². The molecule has 0 amide bonds. The summed E-state index contributed by atoms with van der Waals surface area (Å²) in [6, 6.07) is 13.0. The summed E-state index contributed by atoms with van der Waals surface area (Å²) < 4.78 is 31.7. The van der Waals surface area contributed by atoms with E-state index in [2.05, 4.69) is 4.98 Å². The monoisotopic (exact) mass is 435 g/mol. The molecule has 2 aliphatic rings. The molecule has 0 saturated carbocycles. The second-order valence-electron chi connectivity index (χ2n) is 8.03. The van der Waals surface area contributed by atoms with Crippen LogP contribution in [0.1, 0.15) is 41.6 Å². The molecule has 0 saturated heterocycles. The number of carboxylic acids is 1. The minimum atomic E-state index is -0.839. The summed E-state index contributed by atoms with van der Waals surface area (Å²) in [5.74, 6) is 0.331. The number of aromatic nitrogens is 1. The van der Waals surface area contributed by atoms with Gasteiger partial charge in [0.05, 0.1) is 26.3 Å². The summed E-state index contributed by atoms with van der Waals surface area (Å²) in [6.45, 7) is 0.363. The van der Waals surface area contributed by atoms with E-state index >= 15 is 0 Å². The highest BCUT2D eigenvalue weighted by atomic mass is 19.1. The molecule has 0 spiro atoms. The Morgan fingerprint density at radius 1 is 1.22 bits per heavy atom. The van der Waals surface area contributed by atoms with Gasteiger partial charge in [0.1, 0.15) is 23.4 Å². The summed E-state index contributed by atoms with van der Waals surface area (Å²) in [4.78, 5) is 15.0. The number of benzene rings is 2. The van der Waals surface area contributed by atoms with Gasteiger partial charge in [-0.05, 0) is 35.6 Å². The number of ether oxygens (including phenoxy) is 3. The second-order valence-corrected chi connectivity index (χ2v) is 8.03. The molecule has 5 rings (SSSR count).